The molecule has 0 bridgehead atoms. The van der Waals surface area contributed by atoms with E-state index in [0.29, 0.717) is 19.8 Å². The van der Waals surface area contributed by atoms with Gasteiger partial charge in [0.05, 0.1) is 12.0 Å². The zero-order valence-electron chi connectivity index (χ0n) is 19.4. The van der Waals surface area contributed by atoms with E-state index in [-0.39, 0.29) is 6.29 Å². The van der Waals surface area contributed by atoms with Gasteiger partial charge in [-0.1, -0.05) is 28.1 Å². The van der Waals surface area contributed by atoms with E-state index in [1.54, 1.807) is 18.4 Å². The van der Waals surface area contributed by atoms with E-state index in [1.807, 2.05) is 68.4 Å². The van der Waals surface area contributed by atoms with Crippen molar-refractivity contribution < 1.29 is 23.7 Å². The van der Waals surface area contributed by atoms with E-state index >= 15 is 0 Å². The lowest BCUT2D eigenvalue weighted by Gasteiger charge is -2.17. The second-order valence-electron chi connectivity index (χ2n) is 7.35. The Balaban J connectivity index is 1.58. The molecule has 34 heavy (non-hydrogen) atoms. The molecule has 178 valence electrons. The molecule has 0 atom stereocenters. The van der Waals surface area contributed by atoms with Crippen LogP contribution in [0.2, 0.25) is 0 Å². The molecule has 1 aromatic heterocycles. The Hall–Kier alpha value is -2.58. The molecule has 0 unspecified atom stereocenters. The Morgan fingerprint density at radius 2 is 1.47 bits per heavy atom. The summed E-state index contributed by atoms with van der Waals surface area (Å²) < 4.78 is 30.9. The summed E-state index contributed by atoms with van der Waals surface area (Å²) in [5.41, 5.74) is 1.09. The summed E-state index contributed by atoms with van der Waals surface area (Å²) in [7, 11) is 1.68. The molecule has 5 nitrogen and oxygen atoms in total. The van der Waals surface area contributed by atoms with Crippen molar-refractivity contribution in [1.29, 1.82) is 0 Å². The number of fused-ring (bicyclic) bond motifs is 1. The highest BCUT2D eigenvalue weighted by molar-refractivity contribution is 9.10. The predicted octanol–water partition coefficient (Wildman–Crippen LogP) is 7.91. The first-order chi connectivity index (χ1) is 16.6. The van der Waals surface area contributed by atoms with E-state index < -0.39 is 0 Å². The molecule has 0 saturated heterocycles. The van der Waals surface area contributed by atoms with Crippen LogP contribution in [0.25, 0.3) is 20.5 Å². The molecule has 4 aromatic rings. The highest BCUT2D eigenvalue weighted by Gasteiger charge is 2.17. The van der Waals surface area contributed by atoms with E-state index in [4.69, 9.17) is 23.7 Å². The number of benzene rings is 3. The number of thiophene rings is 1. The van der Waals surface area contributed by atoms with Crippen molar-refractivity contribution >= 4 is 37.4 Å². The fourth-order valence-corrected chi connectivity index (χ4v) is 4.90. The third-order valence-corrected chi connectivity index (χ3v) is 6.80. The first kappa shape index (κ1) is 24.5. The molecular weight excluding hydrogens is 516 g/mol. The van der Waals surface area contributed by atoms with Crippen LogP contribution in [-0.2, 0) is 9.47 Å². The molecule has 3 aromatic carbocycles. The van der Waals surface area contributed by atoms with Crippen molar-refractivity contribution in [2.45, 2.75) is 20.1 Å². The van der Waals surface area contributed by atoms with Crippen molar-refractivity contribution in [2.24, 2.45) is 0 Å². The van der Waals surface area contributed by atoms with Crippen LogP contribution >= 0.6 is 27.3 Å². The first-order valence-corrected chi connectivity index (χ1v) is 12.7. The fraction of sp³-hybridized carbons (Fsp3) is 0.259. The molecule has 0 fully saturated rings. The molecule has 0 aliphatic heterocycles. The Labute approximate surface area is 212 Å². The summed E-state index contributed by atoms with van der Waals surface area (Å²) in [5, 5.41) is 1.04. The van der Waals surface area contributed by atoms with Gasteiger partial charge in [-0.05, 0) is 74.0 Å². The van der Waals surface area contributed by atoms with Crippen LogP contribution in [0.3, 0.4) is 0 Å². The fourth-order valence-electron chi connectivity index (χ4n) is 3.48. The molecule has 4 rings (SSSR count). The molecular formula is C27H27BrO5S. The first-order valence-electron chi connectivity index (χ1n) is 11.1. The lowest BCUT2D eigenvalue weighted by atomic mass is 10.1. The zero-order valence-corrected chi connectivity index (χ0v) is 21.8. The van der Waals surface area contributed by atoms with Crippen LogP contribution < -0.4 is 14.2 Å². The van der Waals surface area contributed by atoms with Gasteiger partial charge in [-0.3, -0.25) is 0 Å². The Bertz CT molecular complexity index is 1200. The summed E-state index contributed by atoms with van der Waals surface area (Å²) in [6.07, 6.45) is -0.381. The standard InChI is InChI=1S/C27H27BrO5S/c1-4-30-25(31-5-2)17-32-20-10-12-21(13-11-20)33-26-23-15-14-22(29-3)16-24(23)34-27(26)18-6-8-19(28)9-7-18/h6-16,25H,4-5,17H2,1-3H3. The highest BCUT2D eigenvalue weighted by Crippen LogP contribution is 2.47. The molecule has 0 radical (unpaired) electrons. The molecule has 0 amide bonds. The number of ether oxygens (including phenoxy) is 5. The maximum absolute atomic E-state index is 6.43. The van der Waals surface area contributed by atoms with Gasteiger partial charge in [-0.2, -0.15) is 0 Å². The maximum Gasteiger partial charge on any atom is 0.191 e. The van der Waals surface area contributed by atoms with Crippen molar-refractivity contribution in [1.82, 2.24) is 0 Å². The van der Waals surface area contributed by atoms with Gasteiger partial charge in [0, 0.05) is 27.8 Å². The number of rotatable bonds is 11. The molecule has 0 aliphatic carbocycles. The Morgan fingerprint density at radius 3 is 2.12 bits per heavy atom. The monoisotopic (exact) mass is 542 g/mol. The van der Waals surface area contributed by atoms with Gasteiger partial charge in [-0.15, -0.1) is 11.3 Å². The molecule has 1 heterocycles. The van der Waals surface area contributed by atoms with Gasteiger partial charge in [-0.25, -0.2) is 0 Å². The lowest BCUT2D eigenvalue weighted by Crippen LogP contribution is -2.25. The van der Waals surface area contributed by atoms with Crippen LogP contribution in [0.4, 0.5) is 0 Å². The third kappa shape index (κ3) is 5.91. The van der Waals surface area contributed by atoms with Crippen LogP contribution in [0.1, 0.15) is 13.8 Å². The summed E-state index contributed by atoms with van der Waals surface area (Å²) in [5.74, 6) is 3.10. The predicted molar refractivity (Wildman–Crippen MR) is 141 cm³/mol. The van der Waals surface area contributed by atoms with E-state index in [0.717, 1.165) is 48.0 Å². The molecule has 0 saturated carbocycles. The van der Waals surface area contributed by atoms with Crippen LogP contribution in [0.5, 0.6) is 23.0 Å². The quantitative estimate of drug-likeness (QED) is 0.180. The highest BCUT2D eigenvalue weighted by atomic mass is 79.9. The second kappa shape index (κ2) is 11.7. The van der Waals surface area contributed by atoms with Crippen LogP contribution in [-0.4, -0.2) is 33.2 Å². The van der Waals surface area contributed by atoms with Gasteiger partial charge < -0.3 is 23.7 Å². The van der Waals surface area contributed by atoms with Crippen LogP contribution in [0, 0.1) is 0 Å². The molecule has 0 N–H and O–H groups in total. The average molecular weight is 543 g/mol. The van der Waals surface area contributed by atoms with Gasteiger partial charge >= 0.3 is 0 Å². The summed E-state index contributed by atoms with van der Waals surface area (Å²) >= 11 is 5.20. The minimum atomic E-state index is -0.381. The zero-order chi connectivity index (χ0) is 23.9. The van der Waals surface area contributed by atoms with Gasteiger partial charge in [0.15, 0.2) is 12.0 Å². The van der Waals surface area contributed by atoms with Crippen molar-refractivity contribution in [3.05, 3.63) is 71.2 Å². The number of methoxy groups -OCH3 is 1. The second-order valence-corrected chi connectivity index (χ2v) is 9.32. The lowest BCUT2D eigenvalue weighted by molar-refractivity contribution is -0.152. The smallest absolute Gasteiger partial charge is 0.191 e. The molecule has 7 heteroatoms. The minimum absolute atomic E-state index is 0.326. The van der Waals surface area contributed by atoms with Gasteiger partial charge in [0.2, 0.25) is 0 Å². The van der Waals surface area contributed by atoms with Crippen molar-refractivity contribution in [2.75, 3.05) is 26.9 Å². The van der Waals surface area contributed by atoms with Gasteiger partial charge in [0.25, 0.3) is 0 Å². The van der Waals surface area contributed by atoms with Crippen molar-refractivity contribution in [3.8, 4) is 33.4 Å². The number of hydrogen-bond acceptors (Lipinski definition) is 6. The summed E-state index contributed by atoms with van der Waals surface area (Å²) in [6, 6.07) is 21.9. The van der Waals surface area contributed by atoms with E-state index in [9.17, 15) is 0 Å². The average Bonchev–Trinajstić information content (AvgIpc) is 3.21. The molecule has 0 spiro atoms. The third-order valence-electron chi connectivity index (χ3n) is 5.09. The van der Waals surface area contributed by atoms with E-state index in [2.05, 4.69) is 28.1 Å². The summed E-state index contributed by atoms with van der Waals surface area (Å²) in [4.78, 5) is 1.06. The Morgan fingerprint density at radius 1 is 0.824 bits per heavy atom. The van der Waals surface area contributed by atoms with Crippen molar-refractivity contribution in [3.63, 3.8) is 0 Å². The maximum atomic E-state index is 6.43. The SMILES string of the molecule is CCOC(COc1ccc(Oc2c(-c3ccc(Br)cc3)sc3cc(OC)ccc23)cc1)OCC. The van der Waals surface area contributed by atoms with E-state index in [1.165, 1.54) is 0 Å². The largest absolute Gasteiger partial charge is 0.497 e. The van der Waals surface area contributed by atoms with Gasteiger partial charge in [0.1, 0.15) is 23.9 Å². The topological polar surface area (TPSA) is 46.2 Å². The summed E-state index contributed by atoms with van der Waals surface area (Å²) in [6.45, 7) is 5.34. The Kier molecular flexibility index (Phi) is 8.45. The number of halogens is 1. The van der Waals surface area contributed by atoms with Crippen LogP contribution in [0.15, 0.2) is 71.2 Å². The molecule has 0 aliphatic rings. The number of hydrogen-bond donors (Lipinski definition) is 0. The normalized spacial score (nSPS) is 11.2. The minimum Gasteiger partial charge on any atom is -0.497 e.